The average molecular weight is 389 g/mol. The summed E-state index contributed by atoms with van der Waals surface area (Å²) in [6, 6.07) is 7.02. The van der Waals surface area contributed by atoms with Gasteiger partial charge in [-0.3, -0.25) is 9.59 Å². The fourth-order valence-electron chi connectivity index (χ4n) is 2.23. The number of hydrogen-bond acceptors (Lipinski definition) is 6. The largest absolute Gasteiger partial charge is 0.448 e. The van der Waals surface area contributed by atoms with Crippen LogP contribution in [0.4, 0.5) is 5.00 Å². The number of carbonyl (C=O) groups is 3. The highest BCUT2D eigenvalue weighted by Crippen LogP contribution is 2.24. The number of carbonyl (C=O) groups excluding carboxylic acids is 3. The van der Waals surface area contributed by atoms with Gasteiger partial charge in [0, 0.05) is 12.4 Å². The smallest absolute Gasteiger partial charge is 0.351 e. The van der Waals surface area contributed by atoms with E-state index in [9.17, 15) is 14.4 Å². The van der Waals surface area contributed by atoms with Crippen LogP contribution in [0.1, 0.15) is 27.0 Å². The normalized spacial score (nSPS) is 11.7. The van der Waals surface area contributed by atoms with Crippen LogP contribution in [0.5, 0.6) is 0 Å². The monoisotopic (exact) mass is 389 g/mol. The number of nitrogens with one attached hydrogen (secondary N) is 1. The minimum atomic E-state index is -1.04. The molecule has 3 aromatic rings. The van der Waals surface area contributed by atoms with Crippen LogP contribution < -0.4 is 11.1 Å². The van der Waals surface area contributed by atoms with Crippen molar-refractivity contribution >= 4 is 45.5 Å². The van der Waals surface area contributed by atoms with E-state index in [1.54, 1.807) is 21.4 Å². The number of aromatic nitrogens is 1. The Hall–Kier alpha value is -2.91. The number of amides is 2. The lowest BCUT2D eigenvalue weighted by Crippen LogP contribution is -2.30. The quantitative estimate of drug-likeness (QED) is 0.633. The minimum absolute atomic E-state index is 0.218. The van der Waals surface area contributed by atoms with Gasteiger partial charge in [0.25, 0.3) is 11.8 Å². The first-order valence-electron chi connectivity index (χ1n) is 7.57. The van der Waals surface area contributed by atoms with Gasteiger partial charge in [0.05, 0.1) is 11.3 Å². The van der Waals surface area contributed by atoms with E-state index in [-0.39, 0.29) is 5.56 Å². The molecular formula is C17H15N3O4S2. The molecule has 0 aromatic carbocycles. The Morgan fingerprint density at radius 1 is 1.15 bits per heavy atom. The minimum Gasteiger partial charge on any atom is -0.448 e. The van der Waals surface area contributed by atoms with Crippen molar-refractivity contribution in [1.29, 1.82) is 0 Å². The first-order chi connectivity index (χ1) is 12.5. The van der Waals surface area contributed by atoms with Crippen LogP contribution in [-0.2, 0) is 9.53 Å². The van der Waals surface area contributed by atoms with Gasteiger partial charge in [-0.05, 0) is 41.9 Å². The predicted octanol–water partition coefficient (Wildman–Crippen LogP) is 2.88. The second-order valence-corrected chi connectivity index (χ2v) is 7.12. The SMILES string of the molecule is C[C@@H](OC(=O)c1sccc1-n1cccc1)C(=O)Nc1sccc1C(N)=O. The third-order valence-electron chi connectivity index (χ3n) is 3.53. The fourth-order valence-corrected chi connectivity index (χ4v) is 3.80. The van der Waals surface area contributed by atoms with E-state index in [4.69, 9.17) is 10.5 Å². The molecule has 26 heavy (non-hydrogen) atoms. The number of nitrogens with zero attached hydrogens (tertiary/aromatic N) is 1. The van der Waals surface area contributed by atoms with Gasteiger partial charge >= 0.3 is 5.97 Å². The Kier molecular flexibility index (Phi) is 5.19. The highest BCUT2D eigenvalue weighted by atomic mass is 32.1. The number of rotatable bonds is 6. The molecule has 3 aromatic heterocycles. The standard InChI is InChI=1S/C17H15N3O4S2/c1-10(15(22)19-16-11(14(18)21)4-8-26-16)24-17(23)13-12(5-9-25-13)20-6-2-3-7-20/h2-10H,1H3,(H2,18,21)(H,19,22)/t10-/m1/s1. The van der Waals surface area contributed by atoms with Crippen molar-refractivity contribution in [2.45, 2.75) is 13.0 Å². The third kappa shape index (κ3) is 3.68. The highest BCUT2D eigenvalue weighted by molar-refractivity contribution is 7.14. The molecule has 0 saturated carbocycles. The van der Waals surface area contributed by atoms with E-state index in [0.29, 0.717) is 15.6 Å². The van der Waals surface area contributed by atoms with Gasteiger partial charge in [-0.1, -0.05) is 0 Å². The Labute approximate surface area is 157 Å². The van der Waals surface area contributed by atoms with Gasteiger partial charge in [0.15, 0.2) is 6.10 Å². The average Bonchev–Trinajstić information content (AvgIpc) is 3.34. The van der Waals surface area contributed by atoms with E-state index in [1.165, 1.54) is 35.7 Å². The van der Waals surface area contributed by atoms with Crippen LogP contribution in [0, 0.1) is 0 Å². The summed E-state index contributed by atoms with van der Waals surface area (Å²) >= 11 is 2.40. The molecule has 0 aliphatic carbocycles. The Morgan fingerprint density at radius 2 is 1.85 bits per heavy atom. The number of anilines is 1. The van der Waals surface area contributed by atoms with Crippen molar-refractivity contribution in [2.75, 3.05) is 5.32 Å². The number of nitrogens with two attached hydrogens (primary N) is 1. The summed E-state index contributed by atoms with van der Waals surface area (Å²) in [5.41, 5.74) is 6.15. The molecule has 0 aliphatic heterocycles. The first kappa shape index (κ1) is 17.9. The van der Waals surface area contributed by atoms with Gasteiger partial charge in [0.1, 0.15) is 9.88 Å². The molecule has 0 radical (unpaired) electrons. The van der Waals surface area contributed by atoms with Crippen molar-refractivity contribution in [3.8, 4) is 5.69 Å². The lowest BCUT2D eigenvalue weighted by Gasteiger charge is -2.13. The Bertz CT molecular complexity index is 943. The maximum absolute atomic E-state index is 12.4. The van der Waals surface area contributed by atoms with Crippen molar-refractivity contribution in [1.82, 2.24) is 4.57 Å². The zero-order valence-corrected chi connectivity index (χ0v) is 15.3. The molecule has 0 aliphatic rings. The third-order valence-corrected chi connectivity index (χ3v) is 5.25. The molecule has 1 atom stereocenters. The summed E-state index contributed by atoms with van der Waals surface area (Å²) in [6.45, 7) is 1.47. The topological polar surface area (TPSA) is 103 Å². The first-order valence-corrected chi connectivity index (χ1v) is 9.33. The maximum Gasteiger partial charge on any atom is 0.351 e. The van der Waals surface area contributed by atoms with Crippen LogP contribution in [0.2, 0.25) is 0 Å². The van der Waals surface area contributed by atoms with Crippen molar-refractivity contribution in [2.24, 2.45) is 5.73 Å². The van der Waals surface area contributed by atoms with Crippen molar-refractivity contribution in [3.05, 3.63) is 57.9 Å². The number of ether oxygens (including phenoxy) is 1. The molecule has 3 heterocycles. The van der Waals surface area contributed by atoms with E-state index < -0.39 is 23.9 Å². The number of primary amides is 1. The maximum atomic E-state index is 12.4. The van der Waals surface area contributed by atoms with Crippen LogP contribution in [-0.4, -0.2) is 28.5 Å². The number of esters is 1. The van der Waals surface area contributed by atoms with Crippen LogP contribution in [0.3, 0.4) is 0 Å². The molecule has 0 bridgehead atoms. The zero-order chi connectivity index (χ0) is 18.7. The Balaban J connectivity index is 1.68. The molecule has 7 nitrogen and oxygen atoms in total. The highest BCUT2D eigenvalue weighted by Gasteiger charge is 2.23. The summed E-state index contributed by atoms with van der Waals surface area (Å²) in [4.78, 5) is 36.4. The molecule has 0 saturated heterocycles. The zero-order valence-electron chi connectivity index (χ0n) is 13.7. The molecule has 3 N–H and O–H groups in total. The molecule has 2 amide bonds. The second-order valence-electron chi connectivity index (χ2n) is 5.29. The summed E-state index contributed by atoms with van der Waals surface area (Å²) in [5, 5.41) is 6.31. The number of hydrogen-bond donors (Lipinski definition) is 2. The van der Waals surface area contributed by atoms with Gasteiger partial charge in [-0.15, -0.1) is 22.7 Å². The molecule has 0 unspecified atom stereocenters. The van der Waals surface area contributed by atoms with E-state index >= 15 is 0 Å². The van der Waals surface area contributed by atoms with Crippen LogP contribution >= 0.6 is 22.7 Å². The Morgan fingerprint density at radius 3 is 2.54 bits per heavy atom. The summed E-state index contributed by atoms with van der Waals surface area (Å²) in [7, 11) is 0. The van der Waals surface area contributed by atoms with Gasteiger partial charge in [0.2, 0.25) is 0 Å². The molecule has 9 heteroatoms. The molecule has 3 rings (SSSR count). The number of thiophene rings is 2. The van der Waals surface area contributed by atoms with Gasteiger partial charge in [-0.25, -0.2) is 4.79 Å². The summed E-state index contributed by atoms with van der Waals surface area (Å²) in [5.74, 6) is -1.77. The van der Waals surface area contributed by atoms with Crippen LogP contribution in [0.15, 0.2) is 47.4 Å². The summed E-state index contributed by atoms with van der Waals surface area (Å²) < 4.78 is 7.07. The molecule has 0 spiro atoms. The van der Waals surface area contributed by atoms with Crippen molar-refractivity contribution < 1.29 is 19.1 Å². The lowest BCUT2D eigenvalue weighted by molar-refractivity contribution is -0.123. The molecule has 134 valence electrons. The molecular weight excluding hydrogens is 374 g/mol. The van der Waals surface area contributed by atoms with Crippen molar-refractivity contribution in [3.63, 3.8) is 0 Å². The fraction of sp³-hybridized carbons (Fsp3) is 0.118. The predicted molar refractivity (Wildman–Crippen MR) is 100.0 cm³/mol. The second kappa shape index (κ2) is 7.54. The van der Waals surface area contributed by atoms with E-state index in [2.05, 4.69) is 5.32 Å². The van der Waals surface area contributed by atoms with E-state index in [1.807, 2.05) is 24.5 Å². The molecule has 0 fully saturated rings. The summed E-state index contributed by atoms with van der Waals surface area (Å²) in [6.07, 6.45) is 2.60. The van der Waals surface area contributed by atoms with Crippen LogP contribution in [0.25, 0.3) is 5.69 Å². The van der Waals surface area contributed by atoms with E-state index in [0.717, 1.165) is 0 Å². The van der Waals surface area contributed by atoms with Gasteiger partial charge in [-0.2, -0.15) is 0 Å². The lowest BCUT2D eigenvalue weighted by atomic mass is 10.3. The van der Waals surface area contributed by atoms with Gasteiger partial charge < -0.3 is 20.4 Å².